The van der Waals surface area contributed by atoms with Gasteiger partial charge in [0.1, 0.15) is 0 Å². The van der Waals surface area contributed by atoms with E-state index in [1.54, 1.807) is 6.92 Å². The van der Waals surface area contributed by atoms with Gasteiger partial charge in [0.25, 0.3) is 0 Å². The molecule has 0 bridgehead atoms. The van der Waals surface area contributed by atoms with E-state index >= 15 is 0 Å². The van der Waals surface area contributed by atoms with Gasteiger partial charge in [-0.2, -0.15) is 13.2 Å². The molecule has 0 unspecified atom stereocenters. The number of carbonyl (C=O) groups excluding carboxylic acids is 1. The summed E-state index contributed by atoms with van der Waals surface area (Å²) in [5, 5.41) is 2.78. The van der Waals surface area contributed by atoms with Gasteiger partial charge in [-0.1, -0.05) is 12.1 Å². The van der Waals surface area contributed by atoms with Crippen LogP contribution in [0.25, 0.3) is 0 Å². The van der Waals surface area contributed by atoms with Crippen LogP contribution in [-0.2, 0) is 15.7 Å². The van der Waals surface area contributed by atoms with Gasteiger partial charge in [0.2, 0.25) is 5.91 Å². The van der Waals surface area contributed by atoms with Crippen LogP contribution in [0, 0.1) is 0 Å². The van der Waals surface area contributed by atoms with Gasteiger partial charge < -0.3 is 10.1 Å². The van der Waals surface area contributed by atoms with Crippen molar-refractivity contribution in [2.45, 2.75) is 44.5 Å². The summed E-state index contributed by atoms with van der Waals surface area (Å²) in [4.78, 5) is 11.8. The molecule has 0 spiro atoms. The molecule has 2 atom stereocenters. The molecule has 1 saturated heterocycles. The average Bonchev–Trinajstić information content (AvgIpc) is 2.90. The van der Waals surface area contributed by atoms with Gasteiger partial charge in [0, 0.05) is 6.61 Å². The van der Waals surface area contributed by atoms with E-state index in [1.165, 1.54) is 12.1 Å². The van der Waals surface area contributed by atoms with E-state index in [4.69, 9.17) is 4.74 Å². The van der Waals surface area contributed by atoms with Crippen LogP contribution < -0.4 is 5.32 Å². The predicted octanol–water partition coefficient (Wildman–Crippen LogP) is 3.45. The Bertz CT molecular complexity index is 479. The van der Waals surface area contributed by atoms with Gasteiger partial charge in [-0.25, -0.2) is 0 Å². The second kappa shape index (κ2) is 6.47. The molecule has 1 heterocycles. The first-order valence-corrected chi connectivity index (χ1v) is 6.94. The molecule has 0 radical (unpaired) electrons. The van der Waals surface area contributed by atoms with E-state index in [0.717, 1.165) is 25.0 Å². The van der Waals surface area contributed by atoms with Crippen molar-refractivity contribution in [2.75, 3.05) is 6.61 Å². The van der Waals surface area contributed by atoms with Crippen molar-refractivity contribution in [3.63, 3.8) is 0 Å². The summed E-state index contributed by atoms with van der Waals surface area (Å²) in [6.07, 6.45) is -2.24. The summed E-state index contributed by atoms with van der Waals surface area (Å²) < 4.78 is 42.8. The van der Waals surface area contributed by atoms with Crippen LogP contribution in [-0.4, -0.2) is 18.6 Å². The maximum absolute atomic E-state index is 12.5. The molecule has 2 rings (SSSR count). The second-order valence-electron chi connectivity index (χ2n) is 5.25. The Balaban J connectivity index is 1.90. The van der Waals surface area contributed by atoms with E-state index in [0.29, 0.717) is 18.6 Å². The van der Waals surface area contributed by atoms with Crippen molar-refractivity contribution in [1.82, 2.24) is 5.32 Å². The van der Waals surface area contributed by atoms with Gasteiger partial charge in [-0.3, -0.25) is 4.79 Å². The first kappa shape index (κ1) is 15.8. The molecule has 1 aromatic carbocycles. The van der Waals surface area contributed by atoms with Gasteiger partial charge >= 0.3 is 6.18 Å². The zero-order valence-electron chi connectivity index (χ0n) is 11.7. The number of alkyl halides is 3. The molecule has 1 aliphatic heterocycles. The smallest absolute Gasteiger partial charge is 0.378 e. The molecular formula is C15H18F3NO2. The summed E-state index contributed by atoms with van der Waals surface area (Å²) in [6, 6.07) is 4.50. The molecule has 1 fully saturated rings. The quantitative estimate of drug-likeness (QED) is 0.925. The Hall–Kier alpha value is -1.56. The fraction of sp³-hybridized carbons (Fsp3) is 0.533. The van der Waals surface area contributed by atoms with Crippen molar-refractivity contribution in [3.8, 4) is 0 Å². The first-order chi connectivity index (χ1) is 9.86. The number of hydrogen-bond acceptors (Lipinski definition) is 2. The van der Waals surface area contributed by atoms with Gasteiger partial charge in [-0.15, -0.1) is 0 Å². The maximum atomic E-state index is 12.5. The largest absolute Gasteiger partial charge is 0.416 e. The van der Waals surface area contributed by atoms with Crippen LogP contribution in [0.5, 0.6) is 0 Å². The van der Waals surface area contributed by atoms with Crippen LogP contribution in [0.1, 0.15) is 43.4 Å². The molecule has 0 aromatic heterocycles. The number of nitrogens with one attached hydrogen (secondary N) is 1. The summed E-state index contributed by atoms with van der Waals surface area (Å²) in [7, 11) is 0. The number of amides is 1. The van der Waals surface area contributed by atoms with E-state index in [1.807, 2.05) is 0 Å². The zero-order valence-corrected chi connectivity index (χ0v) is 11.7. The fourth-order valence-corrected chi connectivity index (χ4v) is 2.36. The minimum Gasteiger partial charge on any atom is -0.378 e. The molecule has 116 valence electrons. The third-order valence-electron chi connectivity index (χ3n) is 3.55. The lowest BCUT2D eigenvalue weighted by atomic mass is 10.1. The number of halogens is 3. The van der Waals surface area contributed by atoms with Crippen LogP contribution >= 0.6 is 0 Å². The van der Waals surface area contributed by atoms with Crippen LogP contribution in [0.3, 0.4) is 0 Å². The molecule has 6 heteroatoms. The van der Waals surface area contributed by atoms with Crippen molar-refractivity contribution >= 4 is 5.91 Å². The van der Waals surface area contributed by atoms with Gasteiger partial charge in [0.15, 0.2) is 0 Å². The number of ether oxygens (including phenoxy) is 1. The highest BCUT2D eigenvalue weighted by Gasteiger charge is 2.30. The minimum absolute atomic E-state index is 0.0372. The lowest BCUT2D eigenvalue weighted by Gasteiger charge is -2.17. The molecule has 21 heavy (non-hydrogen) atoms. The molecule has 1 aromatic rings. The lowest BCUT2D eigenvalue weighted by Crippen LogP contribution is -2.29. The highest BCUT2D eigenvalue weighted by atomic mass is 19.4. The Morgan fingerprint density at radius 1 is 1.38 bits per heavy atom. The van der Waals surface area contributed by atoms with E-state index in [2.05, 4.69) is 5.32 Å². The Morgan fingerprint density at radius 2 is 2.05 bits per heavy atom. The van der Waals surface area contributed by atoms with Crippen LogP contribution in [0.4, 0.5) is 13.2 Å². The molecule has 1 N–H and O–H groups in total. The predicted molar refractivity (Wildman–Crippen MR) is 71.6 cm³/mol. The first-order valence-electron chi connectivity index (χ1n) is 6.94. The van der Waals surface area contributed by atoms with Gasteiger partial charge in [0.05, 0.1) is 24.1 Å². The topological polar surface area (TPSA) is 38.3 Å². The van der Waals surface area contributed by atoms with Crippen molar-refractivity contribution in [1.29, 1.82) is 0 Å². The monoisotopic (exact) mass is 301 g/mol. The fourth-order valence-electron chi connectivity index (χ4n) is 2.36. The number of carbonyl (C=O) groups is 1. The molecular weight excluding hydrogens is 283 g/mol. The van der Waals surface area contributed by atoms with E-state index < -0.39 is 11.7 Å². The summed E-state index contributed by atoms with van der Waals surface area (Å²) >= 11 is 0. The average molecular weight is 301 g/mol. The number of rotatable bonds is 4. The Morgan fingerprint density at radius 3 is 2.57 bits per heavy atom. The minimum atomic E-state index is -4.34. The molecule has 1 amide bonds. The Labute approximate surface area is 121 Å². The lowest BCUT2D eigenvalue weighted by molar-refractivity contribution is -0.137. The molecule has 0 saturated carbocycles. The summed E-state index contributed by atoms with van der Waals surface area (Å²) in [5.41, 5.74) is -0.0483. The molecule has 3 nitrogen and oxygen atoms in total. The summed E-state index contributed by atoms with van der Waals surface area (Å²) in [6.45, 7) is 2.43. The van der Waals surface area contributed by atoms with Crippen LogP contribution in [0.2, 0.25) is 0 Å². The molecule has 1 aliphatic rings. The second-order valence-corrected chi connectivity index (χ2v) is 5.25. The Kier molecular flexibility index (Phi) is 4.88. The third kappa shape index (κ3) is 4.46. The molecule has 0 aliphatic carbocycles. The number of hydrogen-bond donors (Lipinski definition) is 1. The number of benzene rings is 1. The third-order valence-corrected chi connectivity index (χ3v) is 3.55. The highest BCUT2D eigenvalue weighted by Crippen LogP contribution is 2.29. The van der Waals surface area contributed by atoms with Crippen molar-refractivity contribution in [2.24, 2.45) is 0 Å². The SMILES string of the molecule is C[C@@H](NC(=O)C[C@@H]1CCCO1)c1ccc(C(F)(F)F)cc1. The van der Waals surface area contributed by atoms with E-state index in [9.17, 15) is 18.0 Å². The highest BCUT2D eigenvalue weighted by molar-refractivity contribution is 5.77. The normalized spacial score (nSPS) is 20.3. The standard InChI is InChI=1S/C15H18F3NO2/c1-10(19-14(20)9-13-3-2-8-21-13)11-4-6-12(7-5-11)15(16,17)18/h4-7,10,13H,2-3,8-9H2,1H3,(H,19,20)/t10-,13+/m1/s1. The zero-order chi connectivity index (χ0) is 15.5. The summed E-state index contributed by atoms with van der Waals surface area (Å²) in [5.74, 6) is -0.144. The van der Waals surface area contributed by atoms with Crippen LogP contribution in [0.15, 0.2) is 24.3 Å². The van der Waals surface area contributed by atoms with Crippen molar-refractivity contribution in [3.05, 3.63) is 35.4 Å². The van der Waals surface area contributed by atoms with Crippen molar-refractivity contribution < 1.29 is 22.7 Å². The van der Waals surface area contributed by atoms with E-state index in [-0.39, 0.29) is 18.1 Å². The van der Waals surface area contributed by atoms with Gasteiger partial charge in [-0.05, 0) is 37.5 Å². The maximum Gasteiger partial charge on any atom is 0.416 e.